The van der Waals surface area contributed by atoms with E-state index in [1.165, 1.54) is 141 Å². The Labute approximate surface area is 492 Å². The highest BCUT2D eigenvalue weighted by molar-refractivity contribution is 7.47. The summed E-state index contributed by atoms with van der Waals surface area (Å²) in [5.74, 6) is -2.16. The molecule has 0 radical (unpaired) electrons. The van der Waals surface area contributed by atoms with Crippen molar-refractivity contribution in [2.45, 2.75) is 335 Å². The van der Waals surface area contributed by atoms with Gasteiger partial charge in [0.2, 0.25) is 0 Å². The molecule has 0 saturated carbocycles. The van der Waals surface area contributed by atoms with Crippen molar-refractivity contribution in [2.75, 3.05) is 39.6 Å². The number of unbranched alkanes of at least 4 members (excludes halogenated alkanes) is 37. The van der Waals surface area contributed by atoms with Gasteiger partial charge in [0.1, 0.15) is 19.3 Å². The highest BCUT2D eigenvalue weighted by atomic mass is 31.2. The molecule has 0 saturated heterocycles. The zero-order chi connectivity index (χ0) is 59.8. The summed E-state index contributed by atoms with van der Waals surface area (Å²) in [6.07, 6.45) is 42.5. The number of hydrogen-bond acceptors (Lipinski definition) is 15. The lowest BCUT2D eigenvalue weighted by Crippen LogP contribution is -2.30. The number of phosphoric ester groups is 2. The molecule has 81 heavy (non-hydrogen) atoms. The zero-order valence-electron chi connectivity index (χ0n) is 51.7. The Morgan fingerprint density at radius 2 is 0.494 bits per heavy atom. The van der Waals surface area contributed by atoms with Gasteiger partial charge >= 0.3 is 39.5 Å². The number of aliphatic hydroxyl groups excluding tert-OH is 1. The Bertz CT molecular complexity index is 1570. The second-order valence-electron chi connectivity index (χ2n) is 22.4. The molecule has 17 nitrogen and oxygen atoms in total. The Hall–Kier alpha value is -1.94. The fourth-order valence-corrected chi connectivity index (χ4v) is 10.9. The van der Waals surface area contributed by atoms with Crippen molar-refractivity contribution in [3.05, 3.63) is 0 Å². The predicted molar refractivity (Wildman–Crippen MR) is 322 cm³/mol. The number of aliphatic hydroxyl groups is 1. The van der Waals surface area contributed by atoms with E-state index in [2.05, 4.69) is 27.7 Å². The van der Waals surface area contributed by atoms with Crippen LogP contribution in [0.5, 0.6) is 0 Å². The molecule has 0 aliphatic heterocycles. The van der Waals surface area contributed by atoms with Gasteiger partial charge in [-0.25, -0.2) is 9.13 Å². The fraction of sp³-hybridized carbons (Fsp3) is 0.935. The molecule has 0 fully saturated rings. The summed E-state index contributed by atoms with van der Waals surface area (Å²) in [7, 11) is -9.86. The number of carbonyl (C=O) groups is 4. The van der Waals surface area contributed by atoms with Gasteiger partial charge in [-0.15, -0.1) is 0 Å². The average Bonchev–Trinajstić information content (AvgIpc) is 3.44. The first-order chi connectivity index (χ1) is 39.2. The average molecular weight is 1200 g/mol. The molecule has 480 valence electrons. The van der Waals surface area contributed by atoms with Crippen LogP contribution in [0.3, 0.4) is 0 Å². The van der Waals surface area contributed by atoms with E-state index in [9.17, 15) is 43.2 Å². The van der Waals surface area contributed by atoms with E-state index in [1.54, 1.807) is 0 Å². The third-order valence-corrected chi connectivity index (χ3v) is 16.3. The maximum absolute atomic E-state index is 13.0. The normalized spacial score (nSPS) is 14.2. The lowest BCUT2D eigenvalue weighted by atomic mass is 10.0. The van der Waals surface area contributed by atoms with Crippen LogP contribution in [-0.2, 0) is 65.4 Å². The highest BCUT2D eigenvalue weighted by Gasteiger charge is 2.30. The smallest absolute Gasteiger partial charge is 0.462 e. The number of ether oxygens (including phenoxy) is 4. The van der Waals surface area contributed by atoms with Gasteiger partial charge in [0.15, 0.2) is 12.2 Å². The van der Waals surface area contributed by atoms with Crippen molar-refractivity contribution in [2.24, 2.45) is 0 Å². The van der Waals surface area contributed by atoms with Crippen molar-refractivity contribution in [3.8, 4) is 0 Å². The summed E-state index contributed by atoms with van der Waals surface area (Å²) >= 11 is 0. The molecular weight excluding hydrogens is 1080 g/mol. The van der Waals surface area contributed by atoms with Crippen molar-refractivity contribution >= 4 is 39.5 Å². The minimum atomic E-state index is -4.94. The minimum absolute atomic E-state index is 0.0992. The van der Waals surface area contributed by atoms with Gasteiger partial charge in [-0.2, -0.15) is 0 Å². The van der Waals surface area contributed by atoms with Crippen LogP contribution in [0, 0.1) is 0 Å². The summed E-state index contributed by atoms with van der Waals surface area (Å²) in [6.45, 7) is 4.70. The molecule has 0 heterocycles. The van der Waals surface area contributed by atoms with E-state index >= 15 is 0 Å². The van der Waals surface area contributed by atoms with E-state index in [4.69, 9.17) is 37.0 Å². The summed E-state index contributed by atoms with van der Waals surface area (Å²) in [4.78, 5) is 71.6. The molecule has 0 rings (SSSR count). The Balaban J connectivity index is 5.10. The molecule has 0 spiro atoms. The maximum Gasteiger partial charge on any atom is 0.472 e. The first-order valence-electron chi connectivity index (χ1n) is 32.8. The summed E-state index contributed by atoms with van der Waals surface area (Å²) in [5.41, 5.74) is 0. The summed E-state index contributed by atoms with van der Waals surface area (Å²) in [5, 5.41) is 10.5. The summed E-state index contributed by atoms with van der Waals surface area (Å²) in [6, 6.07) is 0. The molecule has 0 aliphatic rings. The first-order valence-corrected chi connectivity index (χ1v) is 35.8. The van der Waals surface area contributed by atoms with E-state index in [0.717, 1.165) is 96.3 Å². The van der Waals surface area contributed by atoms with Gasteiger partial charge in [-0.3, -0.25) is 37.3 Å². The Morgan fingerprint density at radius 1 is 0.296 bits per heavy atom. The van der Waals surface area contributed by atoms with Crippen LogP contribution in [0.15, 0.2) is 0 Å². The molecule has 3 N–H and O–H groups in total. The predicted octanol–water partition coefficient (Wildman–Crippen LogP) is 17.2. The largest absolute Gasteiger partial charge is 0.472 e. The number of carbonyl (C=O) groups excluding carboxylic acids is 4. The van der Waals surface area contributed by atoms with Crippen molar-refractivity contribution in [3.63, 3.8) is 0 Å². The van der Waals surface area contributed by atoms with Gasteiger partial charge in [0.25, 0.3) is 0 Å². The zero-order valence-corrected chi connectivity index (χ0v) is 53.5. The van der Waals surface area contributed by atoms with E-state index in [1.807, 2.05) is 0 Å². The third-order valence-electron chi connectivity index (χ3n) is 14.4. The lowest BCUT2D eigenvalue weighted by molar-refractivity contribution is -0.161. The monoisotopic (exact) mass is 1200 g/mol. The van der Waals surface area contributed by atoms with Crippen molar-refractivity contribution in [1.29, 1.82) is 0 Å². The molecule has 0 aromatic heterocycles. The molecule has 2 unspecified atom stereocenters. The van der Waals surface area contributed by atoms with Gasteiger partial charge in [-0.1, -0.05) is 265 Å². The standard InChI is InChI=1S/C62H120O17P2/c1-5-9-13-17-19-21-23-25-27-29-31-33-35-37-41-45-49-62(67)79-58(53-73-60(65)47-43-40-36-34-32-30-28-26-24-22-20-18-14-10-6-2)55-77-81(70,71)75-51-56(63)50-74-80(68,69)76-54-57(78-61(66)48-44-39-16-12-8-4)52-72-59(64)46-42-38-15-11-7-3/h56-58,63H,5-55H2,1-4H3,(H,68,69)(H,70,71)/t56-,57+,58+/m0/s1. The molecule has 0 amide bonds. The van der Waals surface area contributed by atoms with E-state index in [0.29, 0.717) is 25.7 Å². The molecule has 19 heteroatoms. The topological polar surface area (TPSA) is 237 Å². The van der Waals surface area contributed by atoms with Crippen LogP contribution < -0.4 is 0 Å². The van der Waals surface area contributed by atoms with Crippen LogP contribution in [0.1, 0.15) is 317 Å². The van der Waals surface area contributed by atoms with E-state index < -0.39 is 97.5 Å². The number of esters is 4. The van der Waals surface area contributed by atoms with Crippen LogP contribution in [0.2, 0.25) is 0 Å². The molecular formula is C62H120O17P2. The SMILES string of the molecule is CCCCCCCCCCCCCCCCCCC(=O)O[C@H](COC(=O)CCCCCCCCCCCCCCCCC)COP(=O)(O)OC[C@@H](O)COP(=O)(O)OC[C@@H](COC(=O)CCCCCCC)OC(=O)CCCCCCC. The summed E-state index contributed by atoms with van der Waals surface area (Å²) < 4.78 is 67.5. The van der Waals surface area contributed by atoms with Gasteiger partial charge < -0.3 is 33.8 Å². The third kappa shape index (κ3) is 56.9. The van der Waals surface area contributed by atoms with Crippen LogP contribution in [0.4, 0.5) is 0 Å². The fourth-order valence-electron chi connectivity index (χ4n) is 9.28. The van der Waals surface area contributed by atoms with Crippen LogP contribution in [0.25, 0.3) is 0 Å². The van der Waals surface area contributed by atoms with Gasteiger partial charge in [-0.05, 0) is 25.7 Å². The lowest BCUT2D eigenvalue weighted by Gasteiger charge is -2.21. The molecule has 0 aromatic carbocycles. The quantitative estimate of drug-likeness (QED) is 0.0222. The highest BCUT2D eigenvalue weighted by Crippen LogP contribution is 2.45. The van der Waals surface area contributed by atoms with Crippen molar-refractivity contribution < 1.29 is 80.2 Å². The van der Waals surface area contributed by atoms with Crippen LogP contribution in [-0.4, -0.2) is 96.7 Å². The van der Waals surface area contributed by atoms with Gasteiger partial charge in [0.05, 0.1) is 26.4 Å². The second kappa shape index (κ2) is 57.2. The maximum atomic E-state index is 13.0. The van der Waals surface area contributed by atoms with Crippen LogP contribution >= 0.6 is 15.6 Å². The number of phosphoric acid groups is 2. The van der Waals surface area contributed by atoms with Crippen molar-refractivity contribution in [1.82, 2.24) is 0 Å². The van der Waals surface area contributed by atoms with Gasteiger partial charge in [0, 0.05) is 25.7 Å². The Kier molecular flexibility index (Phi) is 55.8. The molecule has 5 atom stereocenters. The number of rotatable bonds is 63. The molecule has 0 aromatic rings. The Morgan fingerprint density at radius 3 is 0.728 bits per heavy atom. The molecule has 0 bridgehead atoms. The van der Waals surface area contributed by atoms with E-state index in [-0.39, 0.29) is 25.7 Å². The second-order valence-corrected chi connectivity index (χ2v) is 25.4. The minimum Gasteiger partial charge on any atom is -0.462 e. The first kappa shape index (κ1) is 79.1. The number of hydrogen-bond donors (Lipinski definition) is 3. The molecule has 0 aliphatic carbocycles.